The van der Waals surface area contributed by atoms with Crippen LogP contribution in [0.2, 0.25) is 5.02 Å². The fraction of sp³-hybridized carbons (Fsp3) is 0.368. The van der Waals surface area contributed by atoms with Gasteiger partial charge in [-0.05, 0) is 30.5 Å². The Morgan fingerprint density at radius 1 is 1.25 bits per heavy atom. The molecule has 1 aromatic carbocycles. The number of oxazole rings is 1. The van der Waals surface area contributed by atoms with Gasteiger partial charge in [-0.15, -0.1) is 0 Å². The van der Waals surface area contributed by atoms with Crippen LogP contribution in [0.15, 0.2) is 52.4 Å². The maximum absolute atomic E-state index is 12.8. The molecule has 0 saturated carbocycles. The normalized spacial score (nSPS) is 18.4. The largest absolute Gasteiger partial charge is 0.445 e. The molecule has 148 valence electrons. The molecule has 7 nitrogen and oxygen atoms in total. The molecule has 0 radical (unpaired) electrons. The van der Waals surface area contributed by atoms with E-state index in [1.54, 1.807) is 17.8 Å². The van der Waals surface area contributed by atoms with Gasteiger partial charge in [0.15, 0.2) is 10.9 Å². The van der Waals surface area contributed by atoms with Gasteiger partial charge in [0.25, 0.3) is 10.0 Å². The molecule has 1 unspecified atom stereocenters. The van der Waals surface area contributed by atoms with Crippen molar-refractivity contribution in [2.75, 3.05) is 13.1 Å². The Hall–Kier alpha value is -2.16. The number of imidazole rings is 1. The molecule has 0 spiro atoms. The van der Waals surface area contributed by atoms with Crippen LogP contribution in [-0.2, 0) is 23.5 Å². The Kier molecular flexibility index (Phi) is 5.27. The predicted molar refractivity (Wildman–Crippen MR) is 105 cm³/mol. The van der Waals surface area contributed by atoms with Gasteiger partial charge < -0.3 is 8.98 Å². The van der Waals surface area contributed by atoms with Crippen molar-refractivity contribution >= 4 is 21.6 Å². The smallest absolute Gasteiger partial charge is 0.262 e. The Morgan fingerprint density at radius 3 is 2.75 bits per heavy atom. The third-order valence-corrected chi connectivity index (χ3v) is 6.88. The zero-order valence-electron chi connectivity index (χ0n) is 15.5. The van der Waals surface area contributed by atoms with E-state index >= 15 is 0 Å². The average Bonchev–Trinajstić information content (AvgIpc) is 3.33. The minimum atomic E-state index is -3.61. The Balaban J connectivity index is 1.48. The van der Waals surface area contributed by atoms with Crippen molar-refractivity contribution in [2.24, 2.45) is 7.05 Å². The van der Waals surface area contributed by atoms with Gasteiger partial charge in [-0.25, -0.2) is 18.4 Å². The summed E-state index contributed by atoms with van der Waals surface area (Å²) in [7, 11) is -1.86. The fourth-order valence-electron chi connectivity index (χ4n) is 3.41. The molecule has 0 N–H and O–H groups in total. The van der Waals surface area contributed by atoms with Gasteiger partial charge in [0.2, 0.25) is 0 Å². The zero-order valence-corrected chi connectivity index (χ0v) is 17.0. The molecule has 3 aromatic rings. The molecule has 1 atom stereocenters. The summed E-state index contributed by atoms with van der Waals surface area (Å²) in [4.78, 5) is 8.42. The Labute approximate surface area is 169 Å². The van der Waals surface area contributed by atoms with Crippen LogP contribution < -0.4 is 0 Å². The molecule has 2 aromatic heterocycles. The van der Waals surface area contributed by atoms with Crippen LogP contribution in [0.5, 0.6) is 0 Å². The summed E-state index contributed by atoms with van der Waals surface area (Å²) in [6.45, 7) is 0.827. The van der Waals surface area contributed by atoms with Crippen LogP contribution in [0.4, 0.5) is 0 Å². The van der Waals surface area contributed by atoms with Gasteiger partial charge in [0, 0.05) is 43.7 Å². The maximum atomic E-state index is 12.8. The monoisotopic (exact) mass is 420 g/mol. The van der Waals surface area contributed by atoms with E-state index in [2.05, 4.69) is 9.97 Å². The van der Waals surface area contributed by atoms with Crippen molar-refractivity contribution in [3.05, 3.63) is 65.2 Å². The zero-order chi connectivity index (χ0) is 19.7. The van der Waals surface area contributed by atoms with Crippen LogP contribution in [0.3, 0.4) is 0 Å². The molecule has 1 fully saturated rings. The van der Waals surface area contributed by atoms with E-state index in [0.29, 0.717) is 30.4 Å². The lowest BCUT2D eigenvalue weighted by molar-refractivity contribution is 0.281. The first-order chi connectivity index (χ1) is 13.4. The highest BCUT2D eigenvalue weighted by Gasteiger charge is 2.34. The lowest BCUT2D eigenvalue weighted by Gasteiger charge is -2.29. The predicted octanol–water partition coefficient (Wildman–Crippen LogP) is 3.22. The van der Waals surface area contributed by atoms with Gasteiger partial charge in [-0.2, -0.15) is 4.31 Å². The summed E-state index contributed by atoms with van der Waals surface area (Å²) >= 11 is 5.92. The maximum Gasteiger partial charge on any atom is 0.262 e. The van der Waals surface area contributed by atoms with E-state index < -0.39 is 10.0 Å². The van der Waals surface area contributed by atoms with Crippen molar-refractivity contribution in [3.8, 4) is 0 Å². The lowest BCUT2D eigenvalue weighted by Crippen LogP contribution is -2.39. The molecule has 1 saturated heterocycles. The van der Waals surface area contributed by atoms with Gasteiger partial charge in [0.05, 0.1) is 12.5 Å². The van der Waals surface area contributed by atoms with E-state index in [4.69, 9.17) is 16.0 Å². The third kappa shape index (κ3) is 3.99. The average molecular weight is 421 g/mol. The SMILES string of the molecule is Cn1cnc(S(=O)(=O)N2CCCC(c3ncc(Cc4ccc(Cl)cc4)o3)C2)c1. The summed E-state index contributed by atoms with van der Waals surface area (Å²) < 4.78 is 34.7. The number of aryl methyl sites for hydroxylation is 1. The van der Waals surface area contributed by atoms with Crippen LogP contribution in [0.1, 0.15) is 36.0 Å². The lowest BCUT2D eigenvalue weighted by atomic mass is 10.00. The molecule has 4 rings (SSSR count). The molecule has 0 aliphatic carbocycles. The van der Waals surface area contributed by atoms with Crippen LogP contribution in [0.25, 0.3) is 0 Å². The number of nitrogens with zero attached hydrogens (tertiary/aromatic N) is 4. The van der Waals surface area contributed by atoms with Crippen molar-refractivity contribution in [3.63, 3.8) is 0 Å². The van der Waals surface area contributed by atoms with Crippen LogP contribution in [0, 0.1) is 0 Å². The molecule has 0 amide bonds. The molecular formula is C19H21ClN4O3S. The molecule has 1 aliphatic rings. The second-order valence-electron chi connectivity index (χ2n) is 7.05. The van der Waals surface area contributed by atoms with Gasteiger partial charge in [-0.1, -0.05) is 23.7 Å². The second-order valence-corrected chi connectivity index (χ2v) is 9.37. The number of halogens is 1. The number of aromatic nitrogens is 3. The van der Waals surface area contributed by atoms with Crippen molar-refractivity contribution in [1.82, 2.24) is 18.8 Å². The number of hydrogen-bond acceptors (Lipinski definition) is 5. The van der Waals surface area contributed by atoms with Gasteiger partial charge >= 0.3 is 0 Å². The van der Waals surface area contributed by atoms with Crippen LogP contribution in [-0.4, -0.2) is 40.3 Å². The number of hydrogen-bond donors (Lipinski definition) is 0. The Bertz CT molecular complexity index is 1060. The van der Waals surface area contributed by atoms with E-state index in [1.165, 1.54) is 16.8 Å². The van der Waals surface area contributed by atoms with E-state index in [-0.39, 0.29) is 10.9 Å². The van der Waals surface area contributed by atoms with E-state index in [1.807, 2.05) is 24.3 Å². The minimum absolute atomic E-state index is 0.0637. The van der Waals surface area contributed by atoms with Crippen LogP contribution >= 0.6 is 11.6 Å². The fourth-order valence-corrected chi connectivity index (χ4v) is 5.03. The topological polar surface area (TPSA) is 81.2 Å². The molecule has 1 aliphatic heterocycles. The number of sulfonamides is 1. The minimum Gasteiger partial charge on any atom is -0.445 e. The van der Waals surface area contributed by atoms with E-state index in [9.17, 15) is 8.42 Å². The van der Waals surface area contributed by atoms with Crippen molar-refractivity contribution in [1.29, 1.82) is 0 Å². The Morgan fingerprint density at radius 2 is 2.04 bits per heavy atom. The summed E-state index contributed by atoms with van der Waals surface area (Å²) in [6.07, 6.45) is 6.95. The van der Waals surface area contributed by atoms with E-state index in [0.717, 1.165) is 24.2 Å². The standard InChI is InChI=1S/C19H21ClN4O3S/c1-23-12-18(22-13-23)28(25,26)24-8-2-3-15(11-24)19-21-10-17(27-19)9-14-4-6-16(20)7-5-14/h4-7,10,12-13,15H,2-3,8-9,11H2,1H3. The summed E-state index contributed by atoms with van der Waals surface area (Å²) in [5, 5.41) is 0.768. The highest BCUT2D eigenvalue weighted by molar-refractivity contribution is 7.89. The molecule has 9 heteroatoms. The number of benzene rings is 1. The van der Waals surface area contributed by atoms with Crippen molar-refractivity contribution in [2.45, 2.75) is 30.2 Å². The molecule has 28 heavy (non-hydrogen) atoms. The third-order valence-electron chi connectivity index (χ3n) is 4.88. The highest BCUT2D eigenvalue weighted by atomic mass is 35.5. The number of piperidine rings is 1. The summed E-state index contributed by atoms with van der Waals surface area (Å²) in [6, 6.07) is 7.59. The molecule has 3 heterocycles. The number of rotatable bonds is 5. The summed E-state index contributed by atoms with van der Waals surface area (Å²) in [5.41, 5.74) is 1.08. The first kappa shape index (κ1) is 19.2. The molecular weight excluding hydrogens is 400 g/mol. The van der Waals surface area contributed by atoms with Crippen molar-refractivity contribution < 1.29 is 12.8 Å². The first-order valence-corrected chi connectivity index (χ1v) is 10.9. The summed E-state index contributed by atoms with van der Waals surface area (Å²) in [5.74, 6) is 1.28. The first-order valence-electron chi connectivity index (χ1n) is 9.09. The second kappa shape index (κ2) is 7.69. The molecule has 0 bridgehead atoms. The highest BCUT2D eigenvalue weighted by Crippen LogP contribution is 2.30. The van der Waals surface area contributed by atoms with Gasteiger partial charge in [-0.3, -0.25) is 0 Å². The quantitative estimate of drug-likeness (QED) is 0.633. The van der Waals surface area contributed by atoms with Gasteiger partial charge in [0.1, 0.15) is 5.76 Å².